The fraction of sp³-hybridized carbons (Fsp3) is 0.400. The minimum atomic E-state index is -0.811. The van der Waals surface area contributed by atoms with E-state index >= 15 is 0 Å². The van der Waals surface area contributed by atoms with Gasteiger partial charge in [0.25, 0.3) is 0 Å². The quantitative estimate of drug-likeness (QED) is 0.769. The van der Waals surface area contributed by atoms with E-state index in [9.17, 15) is 4.79 Å². The van der Waals surface area contributed by atoms with E-state index in [0.29, 0.717) is 12.2 Å². The van der Waals surface area contributed by atoms with Crippen LogP contribution in [0.4, 0.5) is 11.5 Å². The maximum Gasteiger partial charge on any atom is 0.305 e. The van der Waals surface area contributed by atoms with Crippen molar-refractivity contribution in [3.05, 3.63) is 17.8 Å². The van der Waals surface area contributed by atoms with Crippen molar-refractivity contribution < 1.29 is 9.90 Å². The number of carbonyl (C=O) groups is 1. The third kappa shape index (κ3) is 3.12. The summed E-state index contributed by atoms with van der Waals surface area (Å²) in [4.78, 5) is 16.3. The van der Waals surface area contributed by atoms with Gasteiger partial charge in [0.1, 0.15) is 5.82 Å². The highest BCUT2D eigenvalue weighted by Gasteiger charge is 2.06. The van der Waals surface area contributed by atoms with Crippen molar-refractivity contribution in [1.82, 2.24) is 4.98 Å². The third-order valence-corrected chi connectivity index (χ3v) is 2.19. The fourth-order valence-corrected chi connectivity index (χ4v) is 1.14. The Balaban J connectivity index is 2.69. The summed E-state index contributed by atoms with van der Waals surface area (Å²) in [6.07, 6.45) is 1.68. The Hall–Kier alpha value is -1.78. The Kier molecular flexibility index (Phi) is 3.49. The Morgan fingerprint density at radius 1 is 1.67 bits per heavy atom. The minimum absolute atomic E-state index is 0.0988. The highest BCUT2D eigenvalue weighted by atomic mass is 16.4. The first-order chi connectivity index (χ1) is 7.00. The monoisotopic (exact) mass is 209 g/mol. The summed E-state index contributed by atoms with van der Waals surface area (Å²) in [6.45, 7) is 2.33. The number of nitrogen functional groups attached to an aromatic ring is 1. The van der Waals surface area contributed by atoms with E-state index in [2.05, 4.69) is 4.98 Å². The zero-order chi connectivity index (χ0) is 11.4. The van der Waals surface area contributed by atoms with Gasteiger partial charge in [-0.25, -0.2) is 4.98 Å². The molecule has 82 valence electrons. The first-order valence-electron chi connectivity index (χ1n) is 4.65. The molecule has 0 aliphatic carbocycles. The van der Waals surface area contributed by atoms with Crippen molar-refractivity contribution in [1.29, 1.82) is 0 Å². The molecule has 0 bridgehead atoms. The average Bonchev–Trinajstić information content (AvgIpc) is 2.18. The molecule has 0 amide bonds. The summed E-state index contributed by atoms with van der Waals surface area (Å²) in [5, 5.41) is 8.54. The Morgan fingerprint density at radius 3 is 2.87 bits per heavy atom. The second-order valence-electron chi connectivity index (χ2n) is 3.46. The van der Waals surface area contributed by atoms with Gasteiger partial charge in [-0.05, 0) is 18.6 Å². The molecular weight excluding hydrogens is 194 g/mol. The summed E-state index contributed by atoms with van der Waals surface area (Å²) < 4.78 is 0. The molecule has 0 aliphatic heterocycles. The zero-order valence-electron chi connectivity index (χ0n) is 8.90. The van der Waals surface area contributed by atoms with Gasteiger partial charge in [-0.1, -0.05) is 0 Å². The van der Waals surface area contributed by atoms with Crippen LogP contribution in [0.15, 0.2) is 12.3 Å². The van der Waals surface area contributed by atoms with E-state index in [1.807, 2.05) is 13.0 Å². The van der Waals surface area contributed by atoms with Crippen molar-refractivity contribution in [3.8, 4) is 0 Å². The molecule has 5 heteroatoms. The normalized spacial score (nSPS) is 10.0. The second-order valence-corrected chi connectivity index (χ2v) is 3.46. The van der Waals surface area contributed by atoms with Gasteiger partial charge in [-0.2, -0.15) is 0 Å². The SMILES string of the molecule is Cc1cc(N(C)CCC(=O)O)ncc1N. The van der Waals surface area contributed by atoms with Gasteiger partial charge >= 0.3 is 5.97 Å². The number of pyridine rings is 1. The summed E-state index contributed by atoms with van der Waals surface area (Å²) >= 11 is 0. The van der Waals surface area contributed by atoms with Crippen LogP contribution in [0, 0.1) is 6.92 Å². The van der Waals surface area contributed by atoms with Gasteiger partial charge in [-0.15, -0.1) is 0 Å². The van der Waals surface area contributed by atoms with Gasteiger partial charge in [0, 0.05) is 13.6 Å². The van der Waals surface area contributed by atoms with Crippen LogP contribution in [0.3, 0.4) is 0 Å². The molecular formula is C10H15N3O2. The molecule has 1 heterocycles. The van der Waals surface area contributed by atoms with Gasteiger partial charge in [0.05, 0.1) is 18.3 Å². The number of hydrogen-bond donors (Lipinski definition) is 2. The van der Waals surface area contributed by atoms with Crippen molar-refractivity contribution in [2.75, 3.05) is 24.2 Å². The minimum Gasteiger partial charge on any atom is -0.481 e. The second kappa shape index (κ2) is 4.63. The van der Waals surface area contributed by atoms with Crippen LogP contribution in [0.1, 0.15) is 12.0 Å². The molecule has 0 saturated heterocycles. The summed E-state index contributed by atoms with van der Waals surface area (Å²) in [7, 11) is 1.81. The predicted octanol–water partition coefficient (Wildman–Crippen LogP) is 0.883. The molecule has 1 aromatic rings. The standard InChI is InChI=1S/C10H15N3O2/c1-7-5-9(12-6-8(7)11)13(2)4-3-10(14)15/h5-6H,3-4,11H2,1-2H3,(H,14,15). The molecule has 0 radical (unpaired) electrons. The third-order valence-electron chi connectivity index (χ3n) is 2.19. The smallest absolute Gasteiger partial charge is 0.305 e. The van der Waals surface area contributed by atoms with Crippen LogP contribution < -0.4 is 10.6 Å². The van der Waals surface area contributed by atoms with Gasteiger partial charge < -0.3 is 15.7 Å². The largest absolute Gasteiger partial charge is 0.481 e. The van der Waals surface area contributed by atoms with Crippen LogP contribution in [-0.2, 0) is 4.79 Å². The number of aliphatic carboxylic acids is 1. The van der Waals surface area contributed by atoms with E-state index < -0.39 is 5.97 Å². The number of rotatable bonds is 4. The average molecular weight is 209 g/mol. The predicted molar refractivity (Wildman–Crippen MR) is 58.9 cm³/mol. The molecule has 1 rings (SSSR count). The molecule has 0 spiro atoms. The Bertz CT molecular complexity index is 366. The highest BCUT2D eigenvalue weighted by molar-refractivity contribution is 5.67. The lowest BCUT2D eigenvalue weighted by molar-refractivity contribution is -0.136. The summed E-state index contributed by atoms with van der Waals surface area (Å²) in [5.74, 6) is -0.0723. The number of nitrogens with two attached hydrogens (primary N) is 1. The summed E-state index contributed by atoms with van der Waals surface area (Å²) in [5.41, 5.74) is 7.23. The van der Waals surface area contributed by atoms with Gasteiger partial charge in [0.2, 0.25) is 0 Å². The number of anilines is 2. The van der Waals surface area contributed by atoms with Crippen molar-refractivity contribution in [3.63, 3.8) is 0 Å². The maximum atomic E-state index is 10.4. The van der Waals surface area contributed by atoms with E-state index in [1.54, 1.807) is 18.1 Å². The maximum absolute atomic E-state index is 10.4. The van der Waals surface area contributed by atoms with Crippen LogP contribution in [-0.4, -0.2) is 29.7 Å². The molecule has 0 aliphatic rings. The van der Waals surface area contributed by atoms with Crippen LogP contribution in [0.5, 0.6) is 0 Å². The molecule has 0 unspecified atom stereocenters. The molecule has 0 aromatic carbocycles. The lowest BCUT2D eigenvalue weighted by Gasteiger charge is -2.17. The van der Waals surface area contributed by atoms with E-state index in [4.69, 9.17) is 10.8 Å². The number of carboxylic acids is 1. The molecule has 0 saturated carbocycles. The van der Waals surface area contributed by atoms with Crippen LogP contribution in [0.2, 0.25) is 0 Å². The highest BCUT2D eigenvalue weighted by Crippen LogP contribution is 2.15. The molecule has 0 atom stereocenters. The topological polar surface area (TPSA) is 79.5 Å². The number of hydrogen-bond acceptors (Lipinski definition) is 4. The fourth-order valence-electron chi connectivity index (χ4n) is 1.14. The summed E-state index contributed by atoms with van der Waals surface area (Å²) in [6, 6.07) is 1.84. The lowest BCUT2D eigenvalue weighted by atomic mass is 10.2. The first kappa shape index (κ1) is 11.3. The van der Waals surface area contributed by atoms with Crippen LogP contribution in [0.25, 0.3) is 0 Å². The van der Waals surface area contributed by atoms with Gasteiger partial charge in [0.15, 0.2) is 0 Å². The van der Waals surface area contributed by atoms with E-state index in [0.717, 1.165) is 11.4 Å². The van der Waals surface area contributed by atoms with E-state index in [-0.39, 0.29) is 6.42 Å². The van der Waals surface area contributed by atoms with Crippen molar-refractivity contribution in [2.45, 2.75) is 13.3 Å². The van der Waals surface area contributed by atoms with Crippen LogP contribution >= 0.6 is 0 Å². The number of aryl methyl sites for hydroxylation is 1. The molecule has 3 N–H and O–H groups in total. The van der Waals surface area contributed by atoms with Gasteiger partial charge in [-0.3, -0.25) is 4.79 Å². The lowest BCUT2D eigenvalue weighted by Crippen LogP contribution is -2.22. The number of nitrogens with zero attached hydrogens (tertiary/aromatic N) is 2. The van der Waals surface area contributed by atoms with Crippen molar-refractivity contribution >= 4 is 17.5 Å². The number of carboxylic acid groups (broad SMARTS) is 1. The number of aromatic nitrogens is 1. The molecule has 1 aromatic heterocycles. The van der Waals surface area contributed by atoms with E-state index in [1.165, 1.54) is 0 Å². The zero-order valence-corrected chi connectivity index (χ0v) is 8.90. The molecule has 5 nitrogen and oxygen atoms in total. The Labute approximate surface area is 88.5 Å². The van der Waals surface area contributed by atoms with Crippen molar-refractivity contribution in [2.24, 2.45) is 0 Å². The first-order valence-corrected chi connectivity index (χ1v) is 4.65. The molecule has 0 fully saturated rings. The Morgan fingerprint density at radius 2 is 2.33 bits per heavy atom. The molecule has 15 heavy (non-hydrogen) atoms.